The summed E-state index contributed by atoms with van der Waals surface area (Å²) in [7, 11) is 3.28. The largest absolute Gasteiger partial charge is 0.343 e. The molecule has 88 valence electrons. The highest BCUT2D eigenvalue weighted by atomic mass is 16.2. The summed E-state index contributed by atoms with van der Waals surface area (Å²) in [6.45, 7) is 0. The summed E-state index contributed by atoms with van der Waals surface area (Å²) in [6, 6.07) is 10.4. The first-order chi connectivity index (χ1) is 8.09. The van der Waals surface area contributed by atoms with Crippen molar-refractivity contribution in [1.82, 2.24) is 14.7 Å². The molecule has 2 aromatic rings. The van der Waals surface area contributed by atoms with Crippen LogP contribution in [-0.2, 0) is 0 Å². The Morgan fingerprint density at radius 1 is 1.24 bits per heavy atom. The number of hydrogen-bond donors (Lipinski definition) is 1. The number of carbonyl (C=O) groups excluding carboxylic acids is 1. The monoisotopic (exact) mass is 231 g/mol. The first-order valence-corrected chi connectivity index (χ1v) is 5.19. The third-order valence-corrected chi connectivity index (χ3v) is 2.37. The van der Waals surface area contributed by atoms with Crippen molar-refractivity contribution in [2.24, 2.45) is 0 Å². The molecule has 0 saturated carbocycles. The number of para-hydroxylation sites is 1. The molecule has 0 saturated heterocycles. The fourth-order valence-electron chi connectivity index (χ4n) is 1.52. The summed E-state index contributed by atoms with van der Waals surface area (Å²) < 4.78 is 1.34. The molecule has 0 unspecified atom stereocenters. The maximum atomic E-state index is 11.7. The molecule has 1 aromatic heterocycles. The van der Waals surface area contributed by atoms with E-state index in [1.807, 2.05) is 18.2 Å². The summed E-state index contributed by atoms with van der Waals surface area (Å²) in [5, 5.41) is 2.79. The van der Waals surface area contributed by atoms with Crippen LogP contribution in [-0.4, -0.2) is 34.7 Å². The normalized spacial score (nSPS) is 10.2. The van der Waals surface area contributed by atoms with E-state index in [0.29, 0.717) is 5.69 Å². The van der Waals surface area contributed by atoms with Crippen molar-refractivity contribution in [3.63, 3.8) is 0 Å². The minimum atomic E-state index is -0.249. The summed E-state index contributed by atoms with van der Waals surface area (Å²) in [6.07, 6.45) is 0. The van der Waals surface area contributed by atoms with Gasteiger partial charge in [-0.05, 0) is 12.1 Å². The molecule has 0 aliphatic carbocycles. The van der Waals surface area contributed by atoms with Crippen LogP contribution in [0.2, 0.25) is 0 Å². The van der Waals surface area contributed by atoms with Gasteiger partial charge < -0.3 is 4.90 Å². The van der Waals surface area contributed by atoms with Gasteiger partial charge in [-0.1, -0.05) is 18.2 Å². The highest BCUT2D eigenvalue weighted by Gasteiger charge is 2.13. The number of nitrogens with one attached hydrogen (secondary N) is 1. The van der Waals surface area contributed by atoms with E-state index in [1.165, 1.54) is 15.6 Å². The van der Waals surface area contributed by atoms with E-state index in [-0.39, 0.29) is 17.2 Å². The van der Waals surface area contributed by atoms with E-state index < -0.39 is 0 Å². The average Bonchev–Trinajstić information content (AvgIpc) is 2.71. The molecule has 5 nitrogen and oxygen atoms in total. The molecule has 1 heterocycles. The topological polar surface area (TPSA) is 58.1 Å². The molecule has 0 aliphatic rings. The molecule has 1 aromatic carbocycles. The van der Waals surface area contributed by atoms with Gasteiger partial charge in [-0.3, -0.25) is 14.7 Å². The Labute approximate surface area is 98.3 Å². The van der Waals surface area contributed by atoms with E-state index in [9.17, 15) is 9.59 Å². The molecular weight excluding hydrogens is 218 g/mol. The Balaban J connectivity index is 2.46. The first kappa shape index (κ1) is 11.2. The van der Waals surface area contributed by atoms with Crippen molar-refractivity contribution < 1.29 is 4.79 Å². The summed E-state index contributed by atoms with van der Waals surface area (Å²) >= 11 is 0. The number of carbonyl (C=O) groups is 1. The minimum absolute atomic E-state index is 0.225. The van der Waals surface area contributed by atoms with Crippen LogP contribution in [0.15, 0.2) is 41.2 Å². The lowest BCUT2D eigenvalue weighted by Gasteiger charge is -2.07. The van der Waals surface area contributed by atoms with E-state index in [0.717, 1.165) is 0 Å². The van der Waals surface area contributed by atoms with Crippen LogP contribution in [0.4, 0.5) is 0 Å². The van der Waals surface area contributed by atoms with Crippen LogP contribution in [0.25, 0.3) is 5.69 Å². The maximum absolute atomic E-state index is 11.7. The van der Waals surface area contributed by atoms with Crippen LogP contribution in [0.3, 0.4) is 0 Å². The van der Waals surface area contributed by atoms with Crippen LogP contribution < -0.4 is 5.56 Å². The van der Waals surface area contributed by atoms with Gasteiger partial charge in [0.2, 0.25) is 0 Å². The quantitative estimate of drug-likeness (QED) is 0.833. The third-order valence-electron chi connectivity index (χ3n) is 2.37. The molecule has 1 amide bonds. The summed E-state index contributed by atoms with van der Waals surface area (Å²) in [5.74, 6) is -0.225. The van der Waals surface area contributed by atoms with Crippen LogP contribution in [0, 0.1) is 0 Å². The highest BCUT2D eigenvalue weighted by molar-refractivity contribution is 5.91. The van der Waals surface area contributed by atoms with Gasteiger partial charge in [0.1, 0.15) is 5.69 Å². The molecule has 0 radical (unpaired) electrons. The van der Waals surface area contributed by atoms with E-state index in [1.54, 1.807) is 26.2 Å². The Morgan fingerprint density at radius 2 is 1.88 bits per heavy atom. The molecule has 1 N–H and O–H groups in total. The predicted octanol–water partition coefficient (Wildman–Crippen LogP) is 0.867. The number of H-pyrrole nitrogens is 1. The van der Waals surface area contributed by atoms with E-state index in [4.69, 9.17) is 0 Å². The number of nitrogens with zero attached hydrogens (tertiary/aromatic N) is 2. The van der Waals surface area contributed by atoms with Gasteiger partial charge in [0.05, 0.1) is 5.69 Å². The van der Waals surface area contributed by atoms with Crippen molar-refractivity contribution in [1.29, 1.82) is 0 Å². The fourth-order valence-corrected chi connectivity index (χ4v) is 1.52. The lowest BCUT2D eigenvalue weighted by atomic mass is 10.3. The Bertz CT molecular complexity index is 581. The molecule has 2 rings (SSSR count). The van der Waals surface area contributed by atoms with Gasteiger partial charge in [-0.15, -0.1) is 0 Å². The second kappa shape index (κ2) is 4.29. The van der Waals surface area contributed by atoms with Crippen LogP contribution >= 0.6 is 0 Å². The predicted molar refractivity (Wildman–Crippen MR) is 64.4 cm³/mol. The second-order valence-electron chi connectivity index (χ2n) is 3.88. The van der Waals surface area contributed by atoms with Crippen molar-refractivity contribution in [2.75, 3.05) is 14.1 Å². The molecular formula is C12H13N3O2. The zero-order valence-electron chi connectivity index (χ0n) is 9.68. The second-order valence-corrected chi connectivity index (χ2v) is 3.88. The Morgan fingerprint density at radius 3 is 2.47 bits per heavy atom. The van der Waals surface area contributed by atoms with Gasteiger partial charge in [0, 0.05) is 20.2 Å². The number of benzene rings is 1. The number of aromatic amines is 1. The molecule has 17 heavy (non-hydrogen) atoms. The van der Waals surface area contributed by atoms with Crippen molar-refractivity contribution in [2.45, 2.75) is 0 Å². The SMILES string of the molecule is CN(C)C(=O)c1cc(=O)n(-c2ccccc2)[nH]1. The zero-order valence-corrected chi connectivity index (χ0v) is 9.68. The van der Waals surface area contributed by atoms with Gasteiger partial charge in [0.15, 0.2) is 0 Å². The summed E-state index contributed by atoms with van der Waals surface area (Å²) in [5.41, 5.74) is 0.737. The van der Waals surface area contributed by atoms with Crippen molar-refractivity contribution >= 4 is 5.91 Å². The molecule has 0 spiro atoms. The number of amides is 1. The fraction of sp³-hybridized carbons (Fsp3) is 0.167. The minimum Gasteiger partial charge on any atom is -0.343 e. The molecule has 5 heteroatoms. The third kappa shape index (κ3) is 2.13. The van der Waals surface area contributed by atoms with Crippen molar-refractivity contribution in [3.8, 4) is 5.69 Å². The van der Waals surface area contributed by atoms with Crippen LogP contribution in [0.1, 0.15) is 10.5 Å². The standard InChI is InChI=1S/C12H13N3O2/c1-14(2)12(17)10-8-11(16)15(13-10)9-6-4-3-5-7-9/h3-8,13H,1-2H3. The van der Waals surface area contributed by atoms with Gasteiger partial charge in [-0.25, -0.2) is 4.68 Å². The molecule has 0 atom stereocenters. The number of hydrogen-bond acceptors (Lipinski definition) is 2. The maximum Gasteiger partial charge on any atom is 0.271 e. The average molecular weight is 231 g/mol. The Hall–Kier alpha value is -2.30. The van der Waals surface area contributed by atoms with E-state index in [2.05, 4.69) is 5.10 Å². The van der Waals surface area contributed by atoms with Crippen LogP contribution in [0.5, 0.6) is 0 Å². The lowest BCUT2D eigenvalue weighted by molar-refractivity contribution is 0.0821. The molecule has 0 aliphatic heterocycles. The zero-order chi connectivity index (χ0) is 12.4. The smallest absolute Gasteiger partial charge is 0.271 e. The lowest BCUT2D eigenvalue weighted by Crippen LogP contribution is -2.22. The first-order valence-electron chi connectivity index (χ1n) is 5.19. The van der Waals surface area contributed by atoms with Gasteiger partial charge in [-0.2, -0.15) is 0 Å². The van der Waals surface area contributed by atoms with E-state index >= 15 is 0 Å². The van der Waals surface area contributed by atoms with Gasteiger partial charge >= 0.3 is 0 Å². The number of rotatable bonds is 2. The highest BCUT2D eigenvalue weighted by Crippen LogP contribution is 2.04. The van der Waals surface area contributed by atoms with Crippen molar-refractivity contribution in [3.05, 3.63) is 52.4 Å². The molecule has 0 fully saturated rings. The van der Waals surface area contributed by atoms with Gasteiger partial charge in [0.25, 0.3) is 11.5 Å². The molecule has 0 bridgehead atoms. The number of aromatic nitrogens is 2. The summed E-state index contributed by atoms with van der Waals surface area (Å²) in [4.78, 5) is 24.8. The Kier molecular flexibility index (Phi) is 2.82.